The summed E-state index contributed by atoms with van der Waals surface area (Å²) in [5.74, 6) is 0. The fourth-order valence-corrected chi connectivity index (χ4v) is 2.59. The topological polar surface area (TPSA) is 29.4 Å². The van der Waals surface area contributed by atoms with Crippen LogP contribution in [-0.4, -0.2) is 51.2 Å². The van der Waals surface area contributed by atoms with Crippen LogP contribution in [0.15, 0.2) is 0 Å². The normalized spacial score (nSPS) is 21.1. The Morgan fingerprint density at radius 3 is 1.68 bits per heavy atom. The molecule has 1 rings (SSSR count). The second-order valence-electron chi connectivity index (χ2n) is 5.91. The zero-order valence-electron chi connectivity index (χ0n) is 14.3. The standard InChI is InChI=1S/C16H34N3.2ClH.Ti/c1-19-15-9-3-7-13-17-11-5-2-6-12-18-14-8-4-10-16-19;;;/h17H,2-16H2,1H3;2*1H;/q-1;;;+3/p-2. The van der Waals surface area contributed by atoms with Crippen molar-refractivity contribution in [2.45, 2.75) is 57.8 Å². The van der Waals surface area contributed by atoms with E-state index in [1.165, 1.54) is 84.0 Å². The maximum absolute atomic E-state index is 4.62. The van der Waals surface area contributed by atoms with Crippen LogP contribution in [0.5, 0.6) is 0 Å². The summed E-state index contributed by atoms with van der Waals surface area (Å²) in [4.78, 5) is 2.49. The molecule has 1 aliphatic rings. The molecular weight excluding hydrogens is 353 g/mol. The van der Waals surface area contributed by atoms with Gasteiger partial charge in [0.2, 0.25) is 0 Å². The molecule has 0 aromatic carbocycles. The molecule has 0 amide bonds. The summed E-state index contributed by atoms with van der Waals surface area (Å²) >= 11 is 0. The third-order valence-corrected chi connectivity index (χ3v) is 3.92. The number of hydrogen-bond acceptors (Lipinski definition) is 2. The summed E-state index contributed by atoms with van der Waals surface area (Å²) in [6, 6.07) is 0. The molecule has 1 heterocycles. The molecule has 131 valence electrons. The zero-order chi connectivity index (χ0) is 13.6. The van der Waals surface area contributed by atoms with E-state index in [2.05, 4.69) is 22.6 Å². The summed E-state index contributed by atoms with van der Waals surface area (Å²) in [5.41, 5.74) is 0. The van der Waals surface area contributed by atoms with Crippen LogP contribution in [0.4, 0.5) is 0 Å². The second-order valence-corrected chi connectivity index (χ2v) is 5.91. The predicted octanol–water partition coefficient (Wildman–Crippen LogP) is -2.59. The quantitative estimate of drug-likeness (QED) is 0.463. The Kier molecular flexibility index (Phi) is 28.2. The van der Waals surface area contributed by atoms with Gasteiger partial charge in [-0.25, -0.2) is 0 Å². The third-order valence-electron chi connectivity index (χ3n) is 3.92. The Hall–Kier alpha value is 1.17. The molecule has 22 heavy (non-hydrogen) atoms. The van der Waals surface area contributed by atoms with Gasteiger partial charge < -0.3 is 40.3 Å². The predicted molar refractivity (Wildman–Crippen MR) is 85.0 cm³/mol. The first-order valence-corrected chi connectivity index (χ1v) is 8.42. The summed E-state index contributed by atoms with van der Waals surface area (Å²) in [6.45, 7) is 7.10. The Labute approximate surface area is 165 Å². The van der Waals surface area contributed by atoms with Crippen LogP contribution in [0, 0.1) is 0 Å². The molecule has 3 nitrogen and oxygen atoms in total. The molecule has 0 atom stereocenters. The number of rotatable bonds is 0. The van der Waals surface area contributed by atoms with Crippen LogP contribution < -0.4 is 30.1 Å². The van der Waals surface area contributed by atoms with E-state index in [9.17, 15) is 0 Å². The SMILES string of the molecule is CN1CCCCC[N-]CCCCCNCCCCC1.[Cl-].[Cl-].[Ti+3]. The fraction of sp³-hybridized carbons (Fsp3) is 1.00. The van der Waals surface area contributed by atoms with Crippen molar-refractivity contribution in [1.29, 1.82) is 0 Å². The molecule has 1 aliphatic heterocycles. The minimum absolute atomic E-state index is 0. The van der Waals surface area contributed by atoms with Gasteiger partial charge >= 0.3 is 21.7 Å². The van der Waals surface area contributed by atoms with Crippen molar-refractivity contribution in [3.8, 4) is 0 Å². The van der Waals surface area contributed by atoms with Gasteiger partial charge in [0.15, 0.2) is 0 Å². The van der Waals surface area contributed by atoms with E-state index in [0.717, 1.165) is 13.1 Å². The molecule has 1 saturated heterocycles. The van der Waals surface area contributed by atoms with Crippen molar-refractivity contribution in [3.05, 3.63) is 5.32 Å². The molecule has 0 saturated carbocycles. The molecule has 0 bridgehead atoms. The van der Waals surface area contributed by atoms with Gasteiger partial charge in [-0.15, -0.1) is 13.1 Å². The van der Waals surface area contributed by atoms with Crippen LogP contribution in [0.3, 0.4) is 0 Å². The monoisotopic (exact) mass is 386 g/mol. The molecule has 0 aliphatic carbocycles. The molecule has 1 radical (unpaired) electrons. The largest absolute Gasteiger partial charge is 3.00 e. The molecule has 1 fully saturated rings. The van der Waals surface area contributed by atoms with Gasteiger partial charge in [-0.05, 0) is 58.9 Å². The van der Waals surface area contributed by atoms with Crippen LogP contribution >= 0.6 is 0 Å². The molecule has 0 unspecified atom stereocenters. The van der Waals surface area contributed by atoms with E-state index in [1.54, 1.807) is 0 Å². The molecule has 1 N–H and O–H groups in total. The number of halogens is 2. The third kappa shape index (κ3) is 19.2. The molecular formula is C16H34Cl2N3Ti. The van der Waals surface area contributed by atoms with Gasteiger partial charge in [0, 0.05) is 0 Å². The Balaban J connectivity index is -0.00000120. The average molecular weight is 387 g/mol. The summed E-state index contributed by atoms with van der Waals surface area (Å²) < 4.78 is 0. The fourth-order valence-electron chi connectivity index (χ4n) is 2.59. The number of nitrogens with zero attached hydrogens (tertiary/aromatic N) is 2. The summed E-state index contributed by atoms with van der Waals surface area (Å²) in [6.07, 6.45) is 12.0. The van der Waals surface area contributed by atoms with E-state index in [-0.39, 0.29) is 46.5 Å². The minimum Gasteiger partial charge on any atom is -1.00 e. The van der Waals surface area contributed by atoms with Crippen LogP contribution in [0.1, 0.15) is 57.8 Å². The molecule has 6 heteroatoms. The van der Waals surface area contributed by atoms with Gasteiger partial charge in [0.25, 0.3) is 0 Å². The smallest absolute Gasteiger partial charge is 1.00 e. The molecule has 0 aromatic heterocycles. The van der Waals surface area contributed by atoms with E-state index in [4.69, 9.17) is 0 Å². The van der Waals surface area contributed by atoms with Crippen molar-refractivity contribution in [3.63, 3.8) is 0 Å². The van der Waals surface area contributed by atoms with Crippen molar-refractivity contribution >= 4 is 0 Å². The summed E-state index contributed by atoms with van der Waals surface area (Å²) in [5, 5.41) is 8.18. The zero-order valence-corrected chi connectivity index (χ0v) is 17.3. The number of nitrogens with one attached hydrogen (secondary N) is 1. The minimum atomic E-state index is 0. The van der Waals surface area contributed by atoms with Crippen molar-refractivity contribution in [2.75, 3.05) is 46.3 Å². The first-order valence-electron chi connectivity index (χ1n) is 8.42. The van der Waals surface area contributed by atoms with Crippen LogP contribution in [0.25, 0.3) is 5.32 Å². The summed E-state index contributed by atoms with van der Waals surface area (Å²) in [7, 11) is 2.26. The Bertz CT molecular complexity index is 182. The van der Waals surface area contributed by atoms with Crippen LogP contribution in [-0.2, 0) is 21.7 Å². The maximum atomic E-state index is 4.62. The molecule has 0 spiro atoms. The van der Waals surface area contributed by atoms with Crippen LogP contribution in [0.2, 0.25) is 0 Å². The van der Waals surface area contributed by atoms with Crippen molar-refractivity contribution in [2.24, 2.45) is 0 Å². The maximum Gasteiger partial charge on any atom is 3.00 e. The van der Waals surface area contributed by atoms with Crippen molar-refractivity contribution in [1.82, 2.24) is 10.2 Å². The van der Waals surface area contributed by atoms with Gasteiger partial charge in [-0.2, -0.15) is 0 Å². The van der Waals surface area contributed by atoms with Crippen molar-refractivity contribution < 1.29 is 46.5 Å². The van der Waals surface area contributed by atoms with E-state index < -0.39 is 0 Å². The number of hydrogen-bond donors (Lipinski definition) is 1. The Morgan fingerprint density at radius 2 is 1.14 bits per heavy atom. The van der Waals surface area contributed by atoms with E-state index in [0.29, 0.717) is 0 Å². The van der Waals surface area contributed by atoms with Gasteiger partial charge in [0.1, 0.15) is 0 Å². The second kappa shape index (κ2) is 22.2. The van der Waals surface area contributed by atoms with Gasteiger partial charge in [-0.3, -0.25) is 0 Å². The van der Waals surface area contributed by atoms with E-state index in [1.807, 2.05) is 0 Å². The first kappa shape index (κ1) is 28.0. The van der Waals surface area contributed by atoms with E-state index >= 15 is 0 Å². The van der Waals surface area contributed by atoms with Gasteiger partial charge in [0.05, 0.1) is 0 Å². The molecule has 0 aromatic rings. The first-order chi connectivity index (χ1) is 9.39. The van der Waals surface area contributed by atoms with Gasteiger partial charge in [-0.1, -0.05) is 32.1 Å². The average Bonchev–Trinajstić information content (AvgIpc) is 2.41. The Morgan fingerprint density at radius 1 is 0.682 bits per heavy atom.